The van der Waals surface area contributed by atoms with Gasteiger partial charge in [0, 0.05) is 6.54 Å². The lowest BCUT2D eigenvalue weighted by Gasteiger charge is -2.38. The summed E-state index contributed by atoms with van der Waals surface area (Å²) in [7, 11) is 0. The second-order valence-corrected chi connectivity index (χ2v) is 5.64. The van der Waals surface area contributed by atoms with E-state index < -0.39 is 5.54 Å². The molecule has 3 nitrogen and oxygen atoms in total. The number of nitrogens with one attached hydrogen (secondary N) is 1. The Labute approximate surface area is 115 Å². The SMILES string of the molecule is CCC1CCC(NCc2ccccc2)(C(N)=O)CC1. The Morgan fingerprint density at radius 3 is 2.47 bits per heavy atom. The van der Waals surface area contributed by atoms with E-state index in [1.165, 1.54) is 12.0 Å². The number of rotatable bonds is 5. The molecule has 0 unspecified atom stereocenters. The summed E-state index contributed by atoms with van der Waals surface area (Å²) in [6.45, 7) is 2.93. The molecule has 1 saturated carbocycles. The Morgan fingerprint density at radius 2 is 1.95 bits per heavy atom. The molecule has 19 heavy (non-hydrogen) atoms. The zero-order chi connectivity index (χ0) is 13.7. The number of hydrogen-bond donors (Lipinski definition) is 2. The molecule has 3 heteroatoms. The van der Waals surface area contributed by atoms with E-state index in [9.17, 15) is 4.79 Å². The van der Waals surface area contributed by atoms with E-state index in [1.54, 1.807) is 0 Å². The fourth-order valence-electron chi connectivity index (χ4n) is 2.96. The predicted octanol–water partition coefficient (Wildman–Crippen LogP) is 2.60. The summed E-state index contributed by atoms with van der Waals surface area (Å²) < 4.78 is 0. The second kappa shape index (κ2) is 6.20. The van der Waals surface area contributed by atoms with E-state index in [-0.39, 0.29) is 5.91 Å². The molecule has 1 aromatic carbocycles. The highest BCUT2D eigenvalue weighted by atomic mass is 16.1. The maximum atomic E-state index is 11.9. The van der Waals surface area contributed by atoms with Gasteiger partial charge in [-0.05, 0) is 37.2 Å². The molecule has 0 bridgehead atoms. The first-order valence-electron chi connectivity index (χ1n) is 7.25. The molecule has 0 saturated heterocycles. The summed E-state index contributed by atoms with van der Waals surface area (Å²) in [5.41, 5.74) is 6.35. The van der Waals surface area contributed by atoms with Crippen LogP contribution in [0.1, 0.15) is 44.6 Å². The molecule has 104 valence electrons. The molecule has 0 aliphatic heterocycles. The van der Waals surface area contributed by atoms with Crippen LogP contribution < -0.4 is 11.1 Å². The van der Waals surface area contributed by atoms with Gasteiger partial charge in [0.15, 0.2) is 0 Å². The first kappa shape index (κ1) is 14.1. The Kier molecular flexibility index (Phi) is 4.59. The van der Waals surface area contributed by atoms with E-state index >= 15 is 0 Å². The molecule has 1 aliphatic rings. The molecule has 1 aromatic rings. The van der Waals surface area contributed by atoms with Gasteiger partial charge in [0.25, 0.3) is 0 Å². The third-order valence-corrected chi connectivity index (χ3v) is 4.48. The summed E-state index contributed by atoms with van der Waals surface area (Å²) in [5.74, 6) is 0.559. The number of primary amides is 1. The Balaban J connectivity index is 1.99. The van der Waals surface area contributed by atoms with Crippen molar-refractivity contribution in [1.29, 1.82) is 0 Å². The van der Waals surface area contributed by atoms with Crippen LogP contribution in [0, 0.1) is 5.92 Å². The first-order valence-corrected chi connectivity index (χ1v) is 7.25. The molecule has 0 aromatic heterocycles. The van der Waals surface area contributed by atoms with E-state index in [0.717, 1.165) is 31.6 Å². The minimum atomic E-state index is -0.499. The van der Waals surface area contributed by atoms with Crippen LogP contribution in [0.5, 0.6) is 0 Å². The van der Waals surface area contributed by atoms with Gasteiger partial charge in [-0.1, -0.05) is 43.7 Å². The molecular formula is C16H24N2O. The molecule has 0 radical (unpaired) electrons. The molecule has 0 spiro atoms. The quantitative estimate of drug-likeness (QED) is 0.855. The molecule has 0 heterocycles. The molecule has 3 N–H and O–H groups in total. The third kappa shape index (κ3) is 3.35. The zero-order valence-electron chi connectivity index (χ0n) is 11.7. The van der Waals surface area contributed by atoms with Gasteiger partial charge >= 0.3 is 0 Å². The fourth-order valence-corrected chi connectivity index (χ4v) is 2.96. The average molecular weight is 260 g/mol. The van der Waals surface area contributed by atoms with E-state index in [0.29, 0.717) is 6.54 Å². The first-order chi connectivity index (χ1) is 9.16. The smallest absolute Gasteiger partial charge is 0.237 e. The van der Waals surface area contributed by atoms with Crippen molar-refractivity contribution in [2.75, 3.05) is 0 Å². The largest absolute Gasteiger partial charge is 0.368 e. The highest BCUT2D eigenvalue weighted by Crippen LogP contribution is 2.33. The van der Waals surface area contributed by atoms with Gasteiger partial charge in [0.2, 0.25) is 5.91 Å². The van der Waals surface area contributed by atoms with Gasteiger partial charge < -0.3 is 5.73 Å². The highest BCUT2D eigenvalue weighted by molar-refractivity contribution is 5.84. The molecule has 1 fully saturated rings. The van der Waals surface area contributed by atoms with Crippen molar-refractivity contribution in [3.8, 4) is 0 Å². The van der Waals surface area contributed by atoms with Crippen LogP contribution in [0.3, 0.4) is 0 Å². The van der Waals surface area contributed by atoms with Crippen molar-refractivity contribution in [2.24, 2.45) is 11.7 Å². The van der Waals surface area contributed by atoms with Crippen LogP contribution in [0.2, 0.25) is 0 Å². The summed E-state index contributed by atoms with van der Waals surface area (Å²) in [4.78, 5) is 11.9. The number of carbonyl (C=O) groups is 1. The number of benzene rings is 1. The van der Waals surface area contributed by atoms with E-state index in [2.05, 4.69) is 24.4 Å². The molecule has 1 aliphatic carbocycles. The summed E-state index contributed by atoms with van der Waals surface area (Å²) in [5, 5.41) is 3.42. The van der Waals surface area contributed by atoms with Crippen LogP contribution in [0.15, 0.2) is 30.3 Å². The Bertz CT molecular complexity index is 408. The highest BCUT2D eigenvalue weighted by Gasteiger charge is 2.39. The van der Waals surface area contributed by atoms with Crippen LogP contribution >= 0.6 is 0 Å². The number of amides is 1. The van der Waals surface area contributed by atoms with E-state index in [4.69, 9.17) is 5.73 Å². The maximum Gasteiger partial charge on any atom is 0.237 e. The standard InChI is InChI=1S/C16H24N2O/c1-2-13-8-10-16(11-9-13,15(17)19)18-12-14-6-4-3-5-7-14/h3-7,13,18H,2,8-12H2,1H3,(H2,17,19). The minimum Gasteiger partial charge on any atom is -0.368 e. The third-order valence-electron chi connectivity index (χ3n) is 4.48. The van der Waals surface area contributed by atoms with Gasteiger partial charge in [-0.25, -0.2) is 0 Å². The Morgan fingerprint density at radius 1 is 1.32 bits per heavy atom. The van der Waals surface area contributed by atoms with Gasteiger partial charge in [0.1, 0.15) is 0 Å². The Hall–Kier alpha value is -1.35. The van der Waals surface area contributed by atoms with Gasteiger partial charge in [-0.3, -0.25) is 10.1 Å². The van der Waals surface area contributed by atoms with Crippen LogP contribution in [0.25, 0.3) is 0 Å². The van der Waals surface area contributed by atoms with Crippen molar-refractivity contribution in [3.63, 3.8) is 0 Å². The maximum absolute atomic E-state index is 11.9. The van der Waals surface area contributed by atoms with Crippen molar-refractivity contribution in [2.45, 2.75) is 51.1 Å². The van der Waals surface area contributed by atoms with Crippen molar-refractivity contribution < 1.29 is 4.79 Å². The predicted molar refractivity (Wildman–Crippen MR) is 77.5 cm³/mol. The molecule has 0 atom stereocenters. The molecule has 1 amide bonds. The van der Waals surface area contributed by atoms with Crippen molar-refractivity contribution in [3.05, 3.63) is 35.9 Å². The molecule has 2 rings (SSSR count). The second-order valence-electron chi connectivity index (χ2n) is 5.64. The zero-order valence-corrected chi connectivity index (χ0v) is 11.7. The summed E-state index contributed by atoms with van der Waals surface area (Å²) >= 11 is 0. The topological polar surface area (TPSA) is 55.1 Å². The monoisotopic (exact) mass is 260 g/mol. The summed E-state index contributed by atoms with van der Waals surface area (Å²) in [6, 6.07) is 10.2. The van der Waals surface area contributed by atoms with Gasteiger partial charge in [-0.15, -0.1) is 0 Å². The van der Waals surface area contributed by atoms with Gasteiger partial charge in [0.05, 0.1) is 5.54 Å². The normalized spacial score (nSPS) is 27.1. The van der Waals surface area contributed by atoms with Crippen LogP contribution in [-0.4, -0.2) is 11.4 Å². The van der Waals surface area contributed by atoms with Crippen LogP contribution in [0.4, 0.5) is 0 Å². The number of carbonyl (C=O) groups excluding carboxylic acids is 1. The van der Waals surface area contributed by atoms with Crippen molar-refractivity contribution in [1.82, 2.24) is 5.32 Å². The lowest BCUT2D eigenvalue weighted by atomic mass is 9.75. The summed E-state index contributed by atoms with van der Waals surface area (Å²) in [6.07, 6.45) is 5.14. The number of hydrogen-bond acceptors (Lipinski definition) is 2. The lowest BCUT2D eigenvalue weighted by Crippen LogP contribution is -2.56. The van der Waals surface area contributed by atoms with Crippen LogP contribution in [-0.2, 0) is 11.3 Å². The number of nitrogens with two attached hydrogens (primary N) is 1. The van der Waals surface area contributed by atoms with E-state index in [1.807, 2.05) is 18.2 Å². The molecular weight excluding hydrogens is 236 g/mol. The van der Waals surface area contributed by atoms with Crippen molar-refractivity contribution >= 4 is 5.91 Å². The minimum absolute atomic E-state index is 0.196. The van der Waals surface area contributed by atoms with Gasteiger partial charge in [-0.2, -0.15) is 0 Å². The lowest BCUT2D eigenvalue weighted by molar-refractivity contribution is -0.126. The average Bonchev–Trinajstić information content (AvgIpc) is 2.46. The fraction of sp³-hybridized carbons (Fsp3) is 0.562.